The number of ether oxygens (including phenoxy) is 1. The van der Waals surface area contributed by atoms with Gasteiger partial charge in [0, 0.05) is 50.9 Å². The van der Waals surface area contributed by atoms with E-state index in [-0.39, 0.29) is 16.8 Å². The van der Waals surface area contributed by atoms with Gasteiger partial charge in [-0.2, -0.15) is 14.5 Å². The smallest absolute Gasteiger partial charge is 0.246 e. The highest BCUT2D eigenvalue weighted by atomic mass is 32.2. The molecule has 1 atom stereocenters. The van der Waals surface area contributed by atoms with Gasteiger partial charge in [-0.25, -0.2) is 17.5 Å². The van der Waals surface area contributed by atoms with Crippen LogP contribution in [0.15, 0.2) is 59.9 Å². The molecule has 0 saturated carbocycles. The molecule has 3 heterocycles. The number of hydrogen-bond acceptors (Lipinski definition) is 6. The molecule has 208 valence electrons. The molecule has 2 aromatic heterocycles. The highest BCUT2D eigenvalue weighted by Gasteiger charge is 2.36. The molecule has 0 bridgehead atoms. The predicted octanol–water partition coefficient (Wildman–Crippen LogP) is 4.02. The fourth-order valence-corrected chi connectivity index (χ4v) is 6.67. The Hall–Kier alpha value is -3.12. The molecule has 0 amide bonds. The van der Waals surface area contributed by atoms with Crippen molar-refractivity contribution < 1.29 is 17.5 Å². The highest BCUT2D eigenvalue weighted by Crippen LogP contribution is 2.34. The maximum absolute atomic E-state index is 13.6. The van der Waals surface area contributed by atoms with Crippen LogP contribution < -0.4 is 0 Å². The van der Waals surface area contributed by atoms with E-state index in [2.05, 4.69) is 48.0 Å². The minimum Gasteiger partial charge on any atom is -0.383 e. The third-order valence-corrected chi connectivity index (χ3v) is 9.03. The second-order valence-corrected chi connectivity index (χ2v) is 12.4. The lowest BCUT2D eigenvalue weighted by Gasteiger charge is -2.42. The monoisotopic (exact) mass is 554 g/mol. The van der Waals surface area contributed by atoms with Crippen LogP contribution in [-0.4, -0.2) is 77.1 Å². The Morgan fingerprint density at radius 1 is 1.10 bits per heavy atom. The Bertz CT molecular complexity index is 1550. The first kappa shape index (κ1) is 27.4. The Labute approximate surface area is 228 Å². The number of halogens is 1. The molecule has 4 aromatic rings. The number of rotatable bonds is 9. The normalized spacial score (nSPS) is 17.4. The van der Waals surface area contributed by atoms with Crippen molar-refractivity contribution in [1.82, 2.24) is 28.8 Å². The largest absolute Gasteiger partial charge is 0.383 e. The van der Waals surface area contributed by atoms with E-state index in [1.54, 1.807) is 45.3 Å². The fraction of sp³-hybridized carbons (Fsp3) is 0.429. The van der Waals surface area contributed by atoms with E-state index in [1.807, 2.05) is 0 Å². The van der Waals surface area contributed by atoms with E-state index >= 15 is 0 Å². The molecule has 0 spiro atoms. The molecule has 5 rings (SSSR count). The molecule has 0 radical (unpaired) electrons. The zero-order chi connectivity index (χ0) is 27.7. The fourth-order valence-electron chi connectivity index (χ4n) is 5.27. The molecule has 2 aromatic carbocycles. The quantitative estimate of drug-likeness (QED) is 0.311. The third-order valence-electron chi connectivity index (χ3n) is 7.21. The van der Waals surface area contributed by atoms with Crippen LogP contribution in [0.1, 0.15) is 31.0 Å². The third kappa shape index (κ3) is 5.62. The Morgan fingerprint density at radius 2 is 1.87 bits per heavy atom. The maximum Gasteiger partial charge on any atom is 0.246 e. The van der Waals surface area contributed by atoms with Crippen molar-refractivity contribution in [3.8, 4) is 5.69 Å². The number of sulfonamides is 1. The van der Waals surface area contributed by atoms with Gasteiger partial charge in [0.05, 0.1) is 36.7 Å². The van der Waals surface area contributed by atoms with Crippen LogP contribution in [0.2, 0.25) is 0 Å². The lowest BCUT2D eigenvalue weighted by molar-refractivity contribution is 0.105. The highest BCUT2D eigenvalue weighted by molar-refractivity contribution is 7.89. The van der Waals surface area contributed by atoms with Gasteiger partial charge in [0.1, 0.15) is 10.7 Å². The van der Waals surface area contributed by atoms with Crippen LogP contribution in [0.3, 0.4) is 0 Å². The van der Waals surface area contributed by atoms with Gasteiger partial charge in [0.25, 0.3) is 0 Å². The molecular weight excluding hydrogens is 519 g/mol. The number of aryl methyl sites for hydroxylation is 1. The van der Waals surface area contributed by atoms with Gasteiger partial charge in [-0.05, 0) is 60.4 Å². The first-order chi connectivity index (χ1) is 18.7. The summed E-state index contributed by atoms with van der Waals surface area (Å²) in [6.07, 6.45) is 4.80. The molecule has 0 unspecified atom stereocenters. The first-order valence-electron chi connectivity index (χ1n) is 13.2. The summed E-state index contributed by atoms with van der Waals surface area (Å²) >= 11 is 0. The lowest BCUT2D eigenvalue weighted by atomic mass is 9.96. The van der Waals surface area contributed by atoms with E-state index in [9.17, 15) is 12.8 Å². The maximum atomic E-state index is 13.6. The van der Waals surface area contributed by atoms with Crippen LogP contribution in [0.25, 0.3) is 16.6 Å². The minimum absolute atomic E-state index is 0.113. The zero-order valence-corrected chi connectivity index (χ0v) is 23.6. The predicted molar refractivity (Wildman–Crippen MR) is 148 cm³/mol. The Morgan fingerprint density at radius 3 is 2.59 bits per heavy atom. The number of hydrogen-bond donors (Lipinski definition) is 0. The van der Waals surface area contributed by atoms with E-state index in [0.29, 0.717) is 38.7 Å². The first-order valence-corrected chi connectivity index (χ1v) is 14.6. The Kier molecular flexibility index (Phi) is 7.86. The van der Waals surface area contributed by atoms with Crippen molar-refractivity contribution in [3.63, 3.8) is 0 Å². The number of methoxy groups -OCH3 is 1. The molecule has 1 saturated heterocycles. The van der Waals surface area contributed by atoms with E-state index in [4.69, 9.17) is 4.74 Å². The summed E-state index contributed by atoms with van der Waals surface area (Å²) in [7, 11) is -2.11. The van der Waals surface area contributed by atoms with Gasteiger partial charge in [0.15, 0.2) is 0 Å². The lowest BCUT2D eigenvalue weighted by Crippen LogP contribution is -2.51. The summed E-state index contributed by atoms with van der Waals surface area (Å²) in [6.45, 7) is 9.60. The van der Waals surface area contributed by atoms with Gasteiger partial charge < -0.3 is 4.74 Å². The molecule has 0 N–H and O–H groups in total. The van der Waals surface area contributed by atoms with Gasteiger partial charge in [-0.15, -0.1) is 0 Å². The summed E-state index contributed by atoms with van der Waals surface area (Å²) in [5.41, 5.74) is 3.83. The molecule has 1 aliphatic rings. The average molecular weight is 555 g/mol. The number of piperazine rings is 1. The van der Waals surface area contributed by atoms with Crippen LogP contribution in [0.5, 0.6) is 0 Å². The van der Waals surface area contributed by atoms with Crippen molar-refractivity contribution >= 4 is 20.9 Å². The Balaban J connectivity index is 1.48. The summed E-state index contributed by atoms with van der Waals surface area (Å²) in [5, 5.41) is 9.73. The van der Waals surface area contributed by atoms with Gasteiger partial charge in [-0.3, -0.25) is 9.58 Å². The zero-order valence-electron chi connectivity index (χ0n) is 22.8. The molecule has 1 aliphatic heterocycles. The standard InChI is InChI=1S/C28H35FN6O3S/c1-20(2)17-32-9-10-34(39(36,37)25-16-30-33(18-25)11-12-38-4)19-28(32)26-14-22-15-31-35(27(22)13-21(26)3)24-7-5-23(29)6-8-24/h5-8,13-16,18,20,28H,9-12,17,19H2,1-4H3/t28-/m0/s1. The summed E-state index contributed by atoms with van der Waals surface area (Å²) in [4.78, 5) is 2.58. The second kappa shape index (κ2) is 11.2. The van der Waals surface area contributed by atoms with Crippen LogP contribution >= 0.6 is 0 Å². The van der Waals surface area contributed by atoms with Crippen LogP contribution in [0, 0.1) is 18.7 Å². The summed E-state index contributed by atoms with van der Waals surface area (Å²) in [6, 6.07) is 10.3. The molecule has 1 fully saturated rings. The van der Waals surface area contributed by atoms with Gasteiger partial charge in [-0.1, -0.05) is 13.8 Å². The molecule has 11 heteroatoms. The van der Waals surface area contributed by atoms with Crippen molar-refractivity contribution in [2.75, 3.05) is 39.9 Å². The van der Waals surface area contributed by atoms with E-state index in [1.165, 1.54) is 18.3 Å². The van der Waals surface area contributed by atoms with Crippen LogP contribution in [0.4, 0.5) is 4.39 Å². The summed E-state index contributed by atoms with van der Waals surface area (Å²) < 4.78 is 50.8. The topological polar surface area (TPSA) is 85.5 Å². The average Bonchev–Trinajstić information content (AvgIpc) is 3.55. The molecule has 0 aliphatic carbocycles. The van der Waals surface area contributed by atoms with Crippen LogP contribution in [-0.2, 0) is 21.3 Å². The second-order valence-electron chi connectivity index (χ2n) is 10.5. The van der Waals surface area contributed by atoms with Gasteiger partial charge in [0.2, 0.25) is 10.0 Å². The van der Waals surface area contributed by atoms with E-state index in [0.717, 1.165) is 34.3 Å². The molecular formula is C28H35FN6O3S. The number of nitrogens with zero attached hydrogens (tertiary/aromatic N) is 6. The number of benzene rings is 2. The summed E-state index contributed by atoms with van der Waals surface area (Å²) in [5.74, 6) is 0.137. The number of fused-ring (bicyclic) bond motifs is 1. The van der Waals surface area contributed by atoms with Crippen molar-refractivity contribution in [1.29, 1.82) is 0 Å². The van der Waals surface area contributed by atoms with Crippen molar-refractivity contribution in [2.45, 2.75) is 38.3 Å². The molecule has 39 heavy (non-hydrogen) atoms. The minimum atomic E-state index is -3.71. The number of aromatic nitrogens is 4. The van der Waals surface area contributed by atoms with E-state index < -0.39 is 10.0 Å². The van der Waals surface area contributed by atoms with Crippen molar-refractivity contribution in [3.05, 3.63) is 71.9 Å². The van der Waals surface area contributed by atoms with Crippen molar-refractivity contribution in [2.24, 2.45) is 5.92 Å². The SMILES string of the molecule is COCCn1cc(S(=O)(=O)N2CCN(CC(C)C)[C@H](c3cc4cnn(-c5ccc(F)cc5)c4cc3C)C2)cn1. The van der Waals surface area contributed by atoms with Gasteiger partial charge >= 0.3 is 0 Å². The molecule has 9 nitrogen and oxygen atoms in total.